The molecule has 1 atom stereocenters. The Balaban J connectivity index is 1.97. The van der Waals surface area contributed by atoms with Crippen molar-refractivity contribution >= 4 is 41.1 Å². The van der Waals surface area contributed by atoms with Crippen LogP contribution in [0.4, 0.5) is 10.5 Å². The number of aliphatic carboxylic acids is 1. The Bertz CT molecular complexity index is 676. The van der Waals surface area contributed by atoms with E-state index in [0.29, 0.717) is 10.7 Å². The fourth-order valence-electron chi connectivity index (χ4n) is 2.31. The van der Waals surface area contributed by atoms with Gasteiger partial charge in [0.25, 0.3) is 5.91 Å². The van der Waals surface area contributed by atoms with Crippen LogP contribution < -0.4 is 10.2 Å². The van der Waals surface area contributed by atoms with Crippen LogP contribution in [0.25, 0.3) is 0 Å². The van der Waals surface area contributed by atoms with Gasteiger partial charge in [-0.15, -0.1) is 0 Å². The molecule has 1 aliphatic rings. The molecule has 9 heteroatoms. The van der Waals surface area contributed by atoms with E-state index in [0.717, 1.165) is 9.80 Å². The van der Waals surface area contributed by atoms with Gasteiger partial charge in [-0.05, 0) is 30.7 Å². The maximum atomic E-state index is 12.4. The number of hydrogen-bond acceptors (Lipinski definition) is 4. The number of likely N-dealkylation sites (N-methyl/N-ethyl adjacent to an activating group) is 1. The van der Waals surface area contributed by atoms with Crippen molar-refractivity contribution < 1.29 is 24.3 Å². The summed E-state index contributed by atoms with van der Waals surface area (Å²) in [6.45, 7) is -0.416. The number of benzene rings is 1. The third-order valence-electron chi connectivity index (χ3n) is 3.55. The van der Waals surface area contributed by atoms with Crippen LogP contribution in [0, 0.1) is 0 Å². The lowest BCUT2D eigenvalue weighted by Gasteiger charge is -2.16. The first kappa shape index (κ1) is 17.7. The molecule has 128 valence electrons. The van der Waals surface area contributed by atoms with E-state index >= 15 is 0 Å². The second-order valence-electron chi connectivity index (χ2n) is 5.33. The van der Waals surface area contributed by atoms with E-state index in [9.17, 15) is 19.2 Å². The fourth-order valence-corrected chi connectivity index (χ4v) is 2.44. The quantitative estimate of drug-likeness (QED) is 0.744. The first-order chi connectivity index (χ1) is 11.3. The summed E-state index contributed by atoms with van der Waals surface area (Å²) in [6, 6.07) is 4.83. The standard InChI is InChI=1S/C15H16ClN3O5/c1-18(8-13(21)22)12(20)7-6-11-14(23)19(15(24)17-11)10-4-2-9(16)3-5-10/h2-5,11H,6-8H2,1H3,(H,17,24)(H,21,22)/t11-/m1/s1. The molecule has 1 saturated heterocycles. The average molecular weight is 354 g/mol. The molecule has 1 aromatic rings. The molecular formula is C15H16ClN3O5. The van der Waals surface area contributed by atoms with Gasteiger partial charge in [-0.3, -0.25) is 14.4 Å². The van der Waals surface area contributed by atoms with Crippen molar-refractivity contribution in [1.29, 1.82) is 0 Å². The largest absolute Gasteiger partial charge is 0.480 e. The lowest BCUT2D eigenvalue weighted by atomic mass is 10.1. The molecule has 2 rings (SSSR count). The van der Waals surface area contributed by atoms with Crippen molar-refractivity contribution in [3.63, 3.8) is 0 Å². The zero-order valence-corrected chi connectivity index (χ0v) is 13.6. The van der Waals surface area contributed by atoms with Crippen LogP contribution in [0.5, 0.6) is 0 Å². The van der Waals surface area contributed by atoms with Crippen LogP contribution in [0.15, 0.2) is 24.3 Å². The van der Waals surface area contributed by atoms with Crippen molar-refractivity contribution in [3.8, 4) is 0 Å². The highest BCUT2D eigenvalue weighted by molar-refractivity contribution is 6.30. The van der Waals surface area contributed by atoms with Gasteiger partial charge in [-0.1, -0.05) is 11.6 Å². The Labute approximate surface area is 143 Å². The topological polar surface area (TPSA) is 107 Å². The smallest absolute Gasteiger partial charge is 0.329 e. The van der Waals surface area contributed by atoms with Gasteiger partial charge in [0.2, 0.25) is 5.91 Å². The Morgan fingerprint density at radius 3 is 2.50 bits per heavy atom. The number of halogens is 1. The number of nitrogens with one attached hydrogen (secondary N) is 1. The van der Waals surface area contributed by atoms with Gasteiger partial charge in [0, 0.05) is 18.5 Å². The molecule has 8 nitrogen and oxygen atoms in total. The molecule has 0 aromatic heterocycles. The predicted molar refractivity (Wildman–Crippen MR) is 85.8 cm³/mol. The maximum Gasteiger partial charge on any atom is 0.329 e. The summed E-state index contributed by atoms with van der Waals surface area (Å²) in [7, 11) is 1.37. The molecule has 1 heterocycles. The van der Waals surface area contributed by atoms with Crippen LogP contribution in [-0.4, -0.2) is 53.5 Å². The molecule has 1 fully saturated rings. The molecule has 2 N–H and O–H groups in total. The Morgan fingerprint density at radius 2 is 1.92 bits per heavy atom. The molecule has 1 aliphatic heterocycles. The molecule has 0 saturated carbocycles. The second kappa shape index (κ2) is 7.31. The van der Waals surface area contributed by atoms with Crippen LogP contribution in [0.1, 0.15) is 12.8 Å². The predicted octanol–water partition coefficient (Wildman–Crippen LogP) is 1.09. The first-order valence-electron chi connectivity index (χ1n) is 7.15. The fraction of sp³-hybridized carbons (Fsp3) is 0.333. The highest BCUT2D eigenvalue weighted by Gasteiger charge is 2.39. The highest BCUT2D eigenvalue weighted by Crippen LogP contribution is 2.23. The zero-order valence-electron chi connectivity index (χ0n) is 12.9. The number of carbonyl (C=O) groups is 4. The monoisotopic (exact) mass is 353 g/mol. The van der Waals surface area contributed by atoms with Crippen molar-refractivity contribution in [2.24, 2.45) is 0 Å². The number of imide groups is 1. The third kappa shape index (κ3) is 4.02. The minimum atomic E-state index is -1.12. The molecule has 0 radical (unpaired) electrons. The highest BCUT2D eigenvalue weighted by atomic mass is 35.5. The molecule has 0 aliphatic carbocycles. The van der Waals surface area contributed by atoms with Gasteiger partial charge in [0.15, 0.2) is 0 Å². The number of carboxylic acids is 1. The summed E-state index contributed by atoms with van der Waals surface area (Å²) in [5.41, 5.74) is 0.388. The van der Waals surface area contributed by atoms with E-state index in [2.05, 4.69) is 5.32 Å². The SMILES string of the molecule is CN(CC(=O)O)C(=O)CC[C@H]1NC(=O)N(c2ccc(Cl)cc2)C1=O. The Kier molecular flexibility index (Phi) is 5.40. The normalized spacial score (nSPS) is 16.9. The molecule has 24 heavy (non-hydrogen) atoms. The van der Waals surface area contributed by atoms with Crippen LogP contribution in [0.2, 0.25) is 5.02 Å². The number of carbonyl (C=O) groups excluding carboxylic acids is 3. The lowest BCUT2D eigenvalue weighted by Crippen LogP contribution is -2.35. The minimum absolute atomic E-state index is 0.0467. The van der Waals surface area contributed by atoms with E-state index in [1.807, 2.05) is 0 Å². The van der Waals surface area contributed by atoms with Crippen molar-refractivity contribution in [3.05, 3.63) is 29.3 Å². The molecule has 0 unspecified atom stereocenters. The van der Waals surface area contributed by atoms with Crippen LogP contribution >= 0.6 is 11.6 Å². The summed E-state index contributed by atoms with van der Waals surface area (Å²) in [5, 5.41) is 11.6. The van der Waals surface area contributed by atoms with Crippen molar-refractivity contribution in [2.75, 3.05) is 18.5 Å². The van der Waals surface area contributed by atoms with Crippen LogP contribution in [-0.2, 0) is 14.4 Å². The van der Waals surface area contributed by atoms with E-state index < -0.39 is 36.4 Å². The number of nitrogens with zero attached hydrogens (tertiary/aromatic N) is 2. The summed E-state index contributed by atoms with van der Waals surface area (Å²) < 4.78 is 0. The first-order valence-corrected chi connectivity index (χ1v) is 7.53. The van der Waals surface area contributed by atoms with Crippen LogP contribution in [0.3, 0.4) is 0 Å². The second-order valence-corrected chi connectivity index (χ2v) is 5.77. The third-order valence-corrected chi connectivity index (χ3v) is 3.80. The van der Waals surface area contributed by atoms with Gasteiger partial charge < -0.3 is 15.3 Å². The number of carboxylic acid groups (broad SMARTS) is 1. The number of rotatable bonds is 6. The minimum Gasteiger partial charge on any atom is -0.480 e. The lowest BCUT2D eigenvalue weighted by molar-refractivity contribution is -0.143. The van der Waals surface area contributed by atoms with Gasteiger partial charge in [-0.2, -0.15) is 0 Å². The number of anilines is 1. The Hall–Kier alpha value is -2.61. The molecule has 4 amide bonds. The van der Waals surface area contributed by atoms with Gasteiger partial charge in [0.05, 0.1) is 5.69 Å². The average Bonchev–Trinajstić information content (AvgIpc) is 2.79. The van der Waals surface area contributed by atoms with Gasteiger partial charge >= 0.3 is 12.0 Å². The maximum absolute atomic E-state index is 12.4. The van der Waals surface area contributed by atoms with Crippen molar-refractivity contribution in [1.82, 2.24) is 10.2 Å². The van der Waals surface area contributed by atoms with E-state index in [-0.39, 0.29) is 12.8 Å². The van der Waals surface area contributed by atoms with Gasteiger partial charge in [-0.25, -0.2) is 9.69 Å². The summed E-state index contributed by atoms with van der Waals surface area (Å²) in [6.07, 6.45) is 0.0480. The molecule has 1 aromatic carbocycles. The van der Waals surface area contributed by atoms with E-state index in [1.165, 1.54) is 7.05 Å². The zero-order chi connectivity index (χ0) is 17.9. The molecular weight excluding hydrogens is 338 g/mol. The summed E-state index contributed by atoms with van der Waals surface area (Å²) in [4.78, 5) is 48.8. The van der Waals surface area contributed by atoms with Crippen molar-refractivity contribution in [2.45, 2.75) is 18.9 Å². The Morgan fingerprint density at radius 1 is 1.29 bits per heavy atom. The van der Waals surface area contributed by atoms with E-state index in [1.54, 1.807) is 24.3 Å². The van der Waals surface area contributed by atoms with Gasteiger partial charge in [0.1, 0.15) is 12.6 Å². The molecule has 0 spiro atoms. The number of urea groups is 1. The molecule has 0 bridgehead atoms. The number of amides is 4. The summed E-state index contributed by atoms with van der Waals surface area (Å²) >= 11 is 5.78. The summed E-state index contributed by atoms with van der Waals surface area (Å²) in [5.74, 6) is -1.99. The number of hydrogen-bond donors (Lipinski definition) is 2. The van der Waals surface area contributed by atoms with E-state index in [4.69, 9.17) is 16.7 Å².